The van der Waals surface area contributed by atoms with E-state index in [0.717, 1.165) is 31.7 Å². The Morgan fingerprint density at radius 3 is 2.94 bits per heavy atom. The third-order valence-corrected chi connectivity index (χ3v) is 3.42. The topological polar surface area (TPSA) is 45.5 Å². The fourth-order valence-electron chi connectivity index (χ4n) is 2.26. The average molecular weight is 236 g/mol. The summed E-state index contributed by atoms with van der Waals surface area (Å²) in [5, 5.41) is 3.31. The Bertz CT molecular complexity index is 342. The molecule has 0 atom stereocenters. The molecule has 1 amide bonds. The van der Waals surface area contributed by atoms with Crippen LogP contribution in [0.2, 0.25) is 0 Å². The Labute approximate surface area is 102 Å². The Morgan fingerprint density at radius 2 is 2.29 bits per heavy atom. The number of hydrogen-bond donors (Lipinski definition) is 1. The van der Waals surface area contributed by atoms with Gasteiger partial charge in [0.2, 0.25) is 5.91 Å². The second-order valence-electron chi connectivity index (χ2n) is 4.57. The van der Waals surface area contributed by atoms with E-state index in [9.17, 15) is 4.79 Å². The summed E-state index contributed by atoms with van der Waals surface area (Å²) in [6.07, 6.45) is 5.00. The first-order chi connectivity index (χ1) is 8.27. The van der Waals surface area contributed by atoms with Gasteiger partial charge in [-0.1, -0.05) is 0 Å². The van der Waals surface area contributed by atoms with Gasteiger partial charge in [0.1, 0.15) is 5.76 Å². The van der Waals surface area contributed by atoms with Crippen LogP contribution >= 0.6 is 0 Å². The maximum absolute atomic E-state index is 12.0. The lowest BCUT2D eigenvalue weighted by Crippen LogP contribution is -2.44. The van der Waals surface area contributed by atoms with E-state index < -0.39 is 0 Å². The number of amides is 1. The quantitative estimate of drug-likeness (QED) is 0.860. The highest BCUT2D eigenvalue weighted by Crippen LogP contribution is 2.12. The number of carbonyl (C=O) groups is 1. The normalized spacial score (nSPS) is 17.0. The third kappa shape index (κ3) is 3.33. The van der Waals surface area contributed by atoms with Gasteiger partial charge in [0.25, 0.3) is 0 Å². The molecule has 17 heavy (non-hydrogen) atoms. The largest absolute Gasteiger partial charge is 0.469 e. The molecule has 0 bridgehead atoms. The van der Waals surface area contributed by atoms with Crippen LogP contribution in [0.4, 0.5) is 0 Å². The smallest absolute Gasteiger partial charge is 0.223 e. The van der Waals surface area contributed by atoms with Crippen LogP contribution in [-0.4, -0.2) is 37.0 Å². The van der Waals surface area contributed by atoms with Crippen molar-refractivity contribution in [3.63, 3.8) is 0 Å². The fraction of sp³-hybridized carbons (Fsp3) is 0.615. The van der Waals surface area contributed by atoms with E-state index in [2.05, 4.69) is 5.32 Å². The van der Waals surface area contributed by atoms with Crippen molar-refractivity contribution in [1.82, 2.24) is 10.2 Å². The lowest BCUT2D eigenvalue weighted by atomic mass is 10.0. The van der Waals surface area contributed by atoms with Gasteiger partial charge >= 0.3 is 0 Å². The number of piperidine rings is 1. The predicted molar refractivity (Wildman–Crippen MR) is 65.7 cm³/mol. The SMILES string of the molecule is CN(C(=O)CCc1ccco1)C1CCNCC1. The highest BCUT2D eigenvalue weighted by atomic mass is 16.3. The summed E-state index contributed by atoms with van der Waals surface area (Å²) >= 11 is 0. The van der Waals surface area contributed by atoms with Gasteiger partial charge in [-0.05, 0) is 38.1 Å². The molecule has 1 aromatic heterocycles. The van der Waals surface area contributed by atoms with Gasteiger partial charge in [0.05, 0.1) is 6.26 Å². The summed E-state index contributed by atoms with van der Waals surface area (Å²) in [7, 11) is 1.92. The van der Waals surface area contributed by atoms with Crippen LogP contribution in [0.15, 0.2) is 22.8 Å². The zero-order valence-corrected chi connectivity index (χ0v) is 10.3. The maximum Gasteiger partial charge on any atom is 0.223 e. The third-order valence-electron chi connectivity index (χ3n) is 3.42. The van der Waals surface area contributed by atoms with Crippen LogP contribution < -0.4 is 5.32 Å². The number of hydrogen-bond acceptors (Lipinski definition) is 3. The monoisotopic (exact) mass is 236 g/mol. The maximum atomic E-state index is 12.0. The minimum Gasteiger partial charge on any atom is -0.469 e. The first-order valence-corrected chi connectivity index (χ1v) is 6.26. The molecule has 1 aliphatic heterocycles. The van der Waals surface area contributed by atoms with Crippen LogP contribution in [0.3, 0.4) is 0 Å². The minimum absolute atomic E-state index is 0.216. The summed E-state index contributed by atoms with van der Waals surface area (Å²) in [4.78, 5) is 13.9. The zero-order valence-electron chi connectivity index (χ0n) is 10.3. The van der Waals surface area contributed by atoms with Gasteiger partial charge < -0.3 is 14.6 Å². The van der Waals surface area contributed by atoms with E-state index in [0.29, 0.717) is 18.9 Å². The molecule has 0 radical (unpaired) electrons. The Hall–Kier alpha value is -1.29. The van der Waals surface area contributed by atoms with Crippen molar-refractivity contribution in [3.05, 3.63) is 24.2 Å². The Morgan fingerprint density at radius 1 is 1.53 bits per heavy atom. The summed E-state index contributed by atoms with van der Waals surface area (Å²) < 4.78 is 5.23. The number of furan rings is 1. The molecule has 1 saturated heterocycles. The summed E-state index contributed by atoms with van der Waals surface area (Å²) in [5.41, 5.74) is 0. The van der Waals surface area contributed by atoms with Crippen LogP contribution in [0, 0.1) is 0 Å². The first kappa shape index (κ1) is 12.2. The standard InChI is InChI=1S/C13H20N2O2/c1-15(11-6-8-14-9-7-11)13(16)5-4-12-3-2-10-17-12/h2-3,10-11,14H,4-9H2,1H3. The molecule has 1 fully saturated rings. The molecule has 0 spiro atoms. The number of carbonyl (C=O) groups excluding carboxylic acids is 1. The van der Waals surface area contributed by atoms with Crippen molar-refractivity contribution < 1.29 is 9.21 Å². The Kier molecular flexibility index (Phi) is 4.20. The lowest BCUT2D eigenvalue weighted by molar-refractivity contribution is -0.132. The van der Waals surface area contributed by atoms with Gasteiger partial charge in [0.15, 0.2) is 0 Å². The predicted octanol–water partition coefficient (Wildman–Crippen LogP) is 1.42. The van der Waals surface area contributed by atoms with Gasteiger partial charge in [0, 0.05) is 25.9 Å². The number of nitrogens with zero attached hydrogens (tertiary/aromatic N) is 1. The highest BCUT2D eigenvalue weighted by Gasteiger charge is 2.21. The molecule has 0 aromatic carbocycles. The summed E-state index contributed by atoms with van der Waals surface area (Å²) in [6.45, 7) is 2.03. The number of rotatable bonds is 4. The molecule has 1 aromatic rings. The molecule has 0 unspecified atom stereocenters. The molecule has 94 valence electrons. The van der Waals surface area contributed by atoms with Gasteiger partial charge in [-0.2, -0.15) is 0 Å². The molecule has 0 aliphatic carbocycles. The molecule has 4 nitrogen and oxygen atoms in total. The van der Waals surface area contributed by atoms with E-state index in [4.69, 9.17) is 4.42 Å². The summed E-state index contributed by atoms with van der Waals surface area (Å²) in [5.74, 6) is 1.10. The van der Waals surface area contributed by atoms with Gasteiger partial charge in [-0.3, -0.25) is 4.79 Å². The van der Waals surface area contributed by atoms with Crippen LogP contribution in [0.5, 0.6) is 0 Å². The van der Waals surface area contributed by atoms with Gasteiger partial charge in [-0.25, -0.2) is 0 Å². The van der Waals surface area contributed by atoms with Crippen molar-refractivity contribution in [2.75, 3.05) is 20.1 Å². The molecule has 1 aliphatic rings. The van der Waals surface area contributed by atoms with Crippen LogP contribution in [0.1, 0.15) is 25.0 Å². The molecule has 1 N–H and O–H groups in total. The minimum atomic E-state index is 0.216. The van der Waals surface area contributed by atoms with E-state index >= 15 is 0 Å². The summed E-state index contributed by atoms with van der Waals surface area (Å²) in [6, 6.07) is 4.18. The lowest BCUT2D eigenvalue weighted by Gasteiger charge is -2.31. The van der Waals surface area contributed by atoms with E-state index in [1.54, 1.807) is 6.26 Å². The van der Waals surface area contributed by atoms with Crippen molar-refractivity contribution in [3.8, 4) is 0 Å². The fourth-order valence-corrected chi connectivity index (χ4v) is 2.26. The molecule has 2 heterocycles. The van der Waals surface area contributed by atoms with Crippen LogP contribution in [0.25, 0.3) is 0 Å². The van der Waals surface area contributed by atoms with Crippen LogP contribution in [-0.2, 0) is 11.2 Å². The molecular formula is C13H20N2O2. The van der Waals surface area contributed by atoms with Crippen molar-refractivity contribution >= 4 is 5.91 Å². The van der Waals surface area contributed by atoms with E-state index in [1.165, 1.54) is 0 Å². The molecule has 0 saturated carbocycles. The number of aryl methyl sites for hydroxylation is 1. The van der Waals surface area contributed by atoms with Crippen molar-refractivity contribution in [2.45, 2.75) is 31.7 Å². The van der Waals surface area contributed by atoms with E-state index in [1.807, 2.05) is 24.1 Å². The average Bonchev–Trinajstić information content (AvgIpc) is 2.89. The zero-order chi connectivity index (χ0) is 12.1. The van der Waals surface area contributed by atoms with Gasteiger partial charge in [-0.15, -0.1) is 0 Å². The van der Waals surface area contributed by atoms with Crippen molar-refractivity contribution in [2.24, 2.45) is 0 Å². The second-order valence-corrected chi connectivity index (χ2v) is 4.57. The molecule has 4 heteroatoms. The first-order valence-electron chi connectivity index (χ1n) is 6.26. The van der Waals surface area contributed by atoms with E-state index in [-0.39, 0.29) is 5.91 Å². The Balaban J connectivity index is 1.78. The highest BCUT2D eigenvalue weighted by molar-refractivity contribution is 5.76. The number of nitrogens with one attached hydrogen (secondary N) is 1. The molecular weight excluding hydrogens is 216 g/mol. The van der Waals surface area contributed by atoms with Crippen molar-refractivity contribution in [1.29, 1.82) is 0 Å². The molecule has 2 rings (SSSR count). The second kappa shape index (κ2) is 5.87.